The molecule has 1 aromatic rings. The second kappa shape index (κ2) is 5.61. The van der Waals surface area contributed by atoms with E-state index in [0.717, 1.165) is 0 Å². The van der Waals surface area contributed by atoms with Gasteiger partial charge in [-0.05, 0) is 24.6 Å². The highest BCUT2D eigenvalue weighted by molar-refractivity contribution is 7.89. The number of hydrogen-bond donors (Lipinski definition) is 1. The van der Waals surface area contributed by atoms with Crippen molar-refractivity contribution in [3.05, 3.63) is 35.6 Å². The van der Waals surface area contributed by atoms with Crippen molar-refractivity contribution in [3.8, 4) is 0 Å². The van der Waals surface area contributed by atoms with Crippen LogP contribution in [0.5, 0.6) is 0 Å². The lowest BCUT2D eigenvalue weighted by Gasteiger charge is -2.13. The fourth-order valence-corrected chi connectivity index (χ4v) is 2.88. The molecule has 0 aliphatic carbocycles. The van der Waals surface area contributed by atoms with E-state index in [2.05, 4.69) is 4.72 Å². The minimum Gasteiger partial charge on any atom is -0.212 e. The Hall–Kier alpha value is -0.650. The third kappa shape index (κ3) is 4.08. The first-order valence-corrected chi connectivity index (χ1v) is 6.95. The van der Waals surface area contributed by atoms with Gasteiger partial charge in [0.25, 0.3) is 0 Å². The van der Waals surface area contributed by atoms with E-state index in [4.69, 9.17) is 11.6 Å². The van der Waals surface area contributed by atoms with Crippen molar-refractivity contribution in [1.29, 1.82) is 0 Å². The quantitative estimate of drug-likeness (QED) is 0.829. The molecule has 0 bridgehead atoms. The molecular formula is C10H13ClFNO2S. The van der Waals surface area contributed by atoms with E-state index in [-0.39, 0.29) is 17.5 Å². The van der Waals surface area contributed by atoms with Crippen LogP contribution in [0.25, 0.3) is 0 Å². The summed E-state index contributed by atoms with van der Waals surface area (Å²) in [4.78, 5) is 0. The van der Waals surface area contributed by atoms with Crippen LogP contribution in [0, 0.1) is 5.82 Å². The number of hydrogen-bond acceptors (Lipinski definition) is 2. The molecule has 6 heteroatoms. The first kappa shape index (κ1) is 13.4. The minimum absolute atomic E-state index is 0.0329. The van der Waals surface area contributed by atoms with Crippen LogP contribution in [0.15, 0.2) is 24.3 Å². The molecule has 16 heavy (non-hydrogen) atoms. The summed E-state index contributed by atoms with van der Waals surface area (Å²) in [6, 6.07) is 5.34. The molecule has 0 amide bonds. The predicted octanol–water partition coefficient (Wildman–Crippen LogP) is 2.04. The van der Waals surface area contributed by atoms with E-state index in [0.29, 0.717) is 5.56 Å². The van der Waals surface area contributed by atoms with E-state index in [1.807, 2.05) is 0 Å². The zero-order chi connectivity index (χ0) is 12.2. The highest BCUT2D eigenvalue weighted by Gasteiger charge is 2.15. The van der Waals surface area contributed by atoms with Crippen LogP contribution in [0.1, 0.15) is 18.5 Å². The summed E-state index contributed by atoms with van der Waals surface area (Å²) >= 11 is 5.36. The zero-order valence-electron chi connectivity index (χ0n) is 8.78. The highest BCUT2D eigenvalue weighted by Crippen LogP contribution is 2.14. The second-order valence-electron chi connectivity index (χ2n) is 3.40. The summed E-state index contributed by atoms with van der Waals surface area (Å²) in [5, 5.41) is 0. The van der Waals surface area contributed by atoms with E-state index in [1.54, 1.807) is 13.0 Å². The minimum atomic E-state index is -3.40. The SMILES string of the molecule is C[C@H](NS(=O)(=O)CCCl)c1cccc(F)c1. The van der Waals surface area contributed by atoms with Crippen molar-refractivity contribution < 1.29 is 12.8 Å². The van der Waals surface area contributed by atoms with Crippen molar-refractivity contribution in [2.75, 3.05) is 11.6 Å². The Kier molecular flexibility index (Phi) is 4.70. The standard InChI is InChI=1S/C10H13ClFNO2S/c1-8(13-16(14,15)6-5-11)9-3-2-4-10(12)7-9/h2-4,7-8,13H,5-6H2,1H3/t8-/m0/s1. The summed E-state index contributed by atoms with van der Waals surface area (Å²) in [6.07, 6.45) is 0. The van der Waals surface area contributed by atoms with Crippen LogP contribution in [0.3, 0.4) is 0 Å². The van der Waals surface area contributed by atoms with E-state index in [1.165, 1.54) is 18.2 Å². The first-order valence-electron chi connectivity index (χ1n) is 4.76. The maximum Gasteiger partial charge on any atom is 0.213 e. The van der Waals surface area contributed by atoms with Crippen LogP contribution < -0.4 is 4.72 Å². The van der Waals surface area contributed by atoms with E-state index >= 15 is 0 Å². The van der Waals surface area contributed by atoms with Crippen LogP contribution in [-0.2, 0) is 10.0 Å². The predicted molar refractivity (Wildman–Crippen MR) is 62.5 cm³/mol. The average molecular weight is 266 g/mol. The molecule has 1 atom stereocenters. The average Bonchev–Trinajstić information content (AvgIpc) is 2.16. The van der Waals surface area contributed by atoms with Crippen LogP contribution in [0.2, 0.25) is 0 Å². The summed E-state index contributed by atoms with van der Waals surface area (Å²) in [5.74, 6) is -0.500. The molecule has 3 nitrogen and oxygen atoms in total. The van der Waals surface area contributed by atoms with Gasteiger partial charge in [0.2, 0.25) is 10.0 Å². The lowest BCUT2D eigenvalue weighted by atomic mass is 10.1. The molecule has 0 radical (unpaired) electrons. The van der Waals surface area contributed by atoms with Crippen molar-refractivity contribution in [3.63, 3.8) is 0 Å². The molecule has 0 aromatic heterocycles. The Morgan fingerprint density at radius 2 is 2.19 bits per heavy atom. The molecular weight excluding hydrogens is 253 g/mol. The summed E-state index contributed by atoms with van der Waals surface area (Å²) in [5.41, 5.74) is 0.582. The summed E-state index contributed by atoms with van der Waals surface area (Å²) < 4.78 is 38.2. The molecule has 1 rings (SSSR count). The van der Waals surface area contributed by atoms with Crippen LogP contribution in [0.4, 0.5) is 4.39 Å². The Morgan fingerprint density at radius 3 is 2.75 bits per heavy atom. The Balaban J connectivity index is 2.76. The fourth-order valence-electron chi connectivity index (χ4n) is 1.27. The van der Waals surface area contributed by atoms with Gasteiger partial charge >= 0.3 is 0 Å². The van der Waals surface area contributed by atoms with Gasteiger partial charge < -0.3 is 0 Å². The molecule has 0 fully saturated rings. The molecule has 0 aliphatic rings. The molecule has 0 saturated heterocycles. The molecule has 1 N–H and O–H groups in total. The third-order valence-electron chi connectivity index (χ3n) is 2.05. The number of sulfonamides is 1. The molecule has 0 spiro atoms. The lowest BCUT2D eigenvalue weighted by Crippen LogP contribution is -2.29. The van der Waals surface area contributed by atoms with Gasteiger partial charge in [0.15, 0.2) is 0 Å². The second-order valence-corrected chi connectivity index (χ2v) is 5.65. The van der Waals surface area contributed by atoms with Crippen molar-refractivity contribution in [2.24, 2.45) is 0 Å². The topological polar surface area (TPSA) is 46.2 Å². The van der Waals surface area contributed by atoms with Gasteiger partial charge in [0.1, 0.15) is 5.82 Å². The van der Waals surface area contributed by atoms with Crippen LogP contribution in [-0.4, -0.2) is 20.1 Å². The number of rotatable bonds is 5. The van der Waals surface area contributed by atoms with Crippen molar-refractivity contribution in [1.82, 2.24) is 4.72 Å². The van der Waals surface area contributed by atoms with Crippen molar-refractivity contribution in [2.45, 2.75) is 13.0 Å². The Labute approximate surface area is 99.7 Å². The molecule has 0 saturated carbocycles. The van der Waals surface area contributed by atoms with Gasteiger partial charge in [-0.1, -0.05) is 12.1 Å². The maximum atomic E-state index is 12.9. The lowest BCUT2D eigenvalue weighted by molar-refractivity contribution is 0.566. The normalized spacial score (nSPS) is 13.7. The van der Waals surface area contributed by atoms with Gasteiger partial charge in [-0.3, -0.25) is 0 Å². The smallest absolute Gasteiger partial charge is 0.212 e. The third-order valence-corrected chi connectivity index (χ3v) is 3.92. The summed E-state index contributed by atoms with van der Waals surface area (Å²) in [7, 11) is -3.40. The number of benzene rings is 1. The molecule has 0 heterocycles. The fraction of sp³-hybridized carbons (Fsp3) is 0.400. The number of nitrogens with one attached hydrogen (secondary N) is 1. The highest BCUT2D eigenvalue weighted by atomic mass is 35.5. The van der Waals surface area contributed by atoms with E-state index < -0.39 is 16.1 Å². The summed E-state index contributed by atoms with van der Waals surface area (Å²) in [6.45, 7) is 1.65. The Bertz CT molecular complexity index is 450. The maximum absolute atomic E-state index is 12.9. The monoisotopic (exact) mass is 265 g/mol. The first-order chi connectivity index (χ1) is 7.44. The van der Waals surface area contributed by atoms with Gasteiger partial charge in [0.05, 0.1) is 5.75 Å². The number of halogens is 2. The van der Waals surface area contributed by atoms with Crippen molar-refractivity contribution >= 4 is 21.6 Å². The number of alkyl halides is 1. The Morgan fingerprint density at radius 1 is 1.50 bits per heavy atom. The zero-order valence-corrected chi connectivity index (χ0v) is 10.4. The largest absolute Gasteiger partial charge is 0.213 e. The van der Waals surface area contributed by atoms with Gasteiger partial charge in [-0.15, -0.1) is 11.6 Å². The van der Waals surface area contributed by atoms with Gasteiger partial charge in [-0.25, -0.2) is 17.5 Å². The molecule has 0 unspecified atom stereocenters. The van der Waals surface area contributed by atoms with Crippen LogP contribution >= 0.6 is 11.6 Å². The van der Waals surface area contributed by atoms with E-state index in [9.17, 15) is 12.8 Å². The molecule has 90 valence electrons. The van der Waals surface area contributed by atoms with Gasteiger partial charge in [0, 0.05) is 11.9 Å². The molecule has 1 aromatic carbocycles. The molecule has 0 aliphatic heterocycles. The van der Waals surface area contributed by atoms with Gasteiger partial charge in [-0.2, -0.15) is 0 Å².